The van der Waals surface area contributed by atoms with E-state index in [-0.39, 0.29) is 17.3 Å². The first-order valence-electron chi connectivity index (χ1n) is 15.6. The van der Waals surface area contributed by atoms with Gasteiger partial charge in [0.1, 0.15) is 10.7 Å². The molecule has 0 bridgehead atoms. The molecule has 0 radical (unpaired) electrons. The summed E-state index contributed by atoms with van der Waals surface area (Å²) >= 11 is 2.75. The number of hydrogen-bond acceptors (Lipinski definition) is 9. The lowest BCUT2D eigenvalue weighted by Gasteiger charge is -2.16. The number of nitrogens with zero attached hydrogens (tertiary/aromatic N) is 1. The molecule has 1 heterocycles. The smallest absolute Gasteiger partial charge is 0.341 e. The van der Waals surface area contributed by atoms with Crippen molar-refractivity contribution in [3.05, 3.63) is 122 Å². The van der Waals surface area contributed by atoms with Crippen LogP contribution in [0.4, 0.5) is 16.4 Å². The van der Waals surface area contributed by atoms with Crippen molar-refractivity contribution in [2.45, 2.75) is 49.2 Å². The van der Waals surface area contributed by atoms with Crippen LogP contribution in [0, 0.1) is 10.1 Å². The number of benzene rings is 3. The molecule has 0 spiro atoms. The molecule has 3 aromatic carbocycles. The van der Waals surface area contributed by atoms with Gasteiger partial charge in [-0.05, 0) is 91.8 Å². The molecule has 11 nitrogen and oxygen atoms in total. The molecule has 0 fully saturated rings. The summed E-state index contributed by atoms with van der Waals surface area (Å²) in [6.07, 6.45) is 5.59. The van der Waals surface area contributed by atoms with E-state index in [0.29, 0.717) is 38.7 Å². The molecular weight excluding hydrogens is 665 g/mol. The van der Waals surface area contributed by atoms with Gasteiger partial charge in [0.05, 0.1) is 22.8 Å². The molecule has 1 aromatic heterocycles. The van der Waals surface area contributed by atoms with E-state index in [2.05, 4.69) is 16.0 Å². The van der Waals surface area contributed by atoms with Crippen molar-refractivity contribution in [2.24, 2.45) is 0 Å². The first kappa shape index (κ1) is 35.0. The quantitative estimate of drug-likeness (QED) is 0.0460. The zero-order chi connectivity index (χ0) is 34.9. The first-order chi connectivity index (χ1) is 23.7. The Hall–Kier alpha value is -5.27. The van der Waals surface area contributed by atoms with Crippen molar-refractivity contribution < 1.29 is 28.8 Å². The Morgan fingerprint density at radius 3 is 2.41 bits per heavy atom. The van der Waals surface area contributed by atoms with Crippen molar-refractivity contribution in [3.8, 4) is 0 Å². The average Bonchev–Trinajstić information content (AvgIpc) is 3.48. The van der Waals surface area contributed by atoms with Gasteiger partial charge in [-0.3, -0.25) is 24.5 Å². The van der Waals surface area contributed by atoms with E-state index >= 15 is 0 Å². The Labute approximate surface area is 291 Å². The van der Waals surface area contributed by atoms with Crippen LogP contribution in [0.2, 0.25) is 0 Å². The van der Waals surface area contributed by atoms with Gasteiger partial charge in [-0.2, -0.15) is 0 Å². The highest BCUT2D eigenvalue weighted by atomic mass is 32.2. The minimum absolute atomic E-state index is 0.0772. The highest BCUT2D eigenvalue weighted by molar-refractivity contribution is 8.00. The van der Waals surface area contributed by atoms with Crippen LogP contribution in [0.15, 0.2) is 89.5 Å². The number of nitro groups is 1. The summed E-state index contributed by atoms with van der Waals surface area (Å²) in [6.45, 7) is 1.90. The maximum atomic E-state index is 13.5. The summed E-state index contributed by atoms with van der Waals surface area (Å²) in [7, 11) is 1.34. The fourth-order valence-corrected chi connectivity index (χ4v) is 7.59. The number of methoxy groups -OCH3 is 1. The number of ether oxygens (including phenoxy) is 1. The molecule has 5 rings (SSSR count). The number of aryl methyl sites for hydroxylation is 1. The van der Waals surface area contributed by atoms with Crippen LogP contribution >= 0.6 is 23.1 Å². The normalized spacial score (nSPS) is 13.1. The number of amides is 3. The highest BCUT2D eigenvalue weighted by Crippen LogP contribution is 2.39. The maximum absolute atomic E-state index is 13.5. The Bertz CT molecular complexity index is 1910. The average molecular weight is 699 g/mol. The number of esters is 1. The van der Waals surface area contributed by atoms with Crippen LogP contribution in [0.3, 0.4) is 0 Å². The summed E-state index contributed by atoms with van der Waals surface area (Å²) < 4.78 is 5.04. The third-order valence-corrected chi connectivity index (χ3v) is 10.3. The zero-order valence-corrected chi connectivity index (χ0v) is 28.5. The van der Waals surface area contributed by atoms with Crippen LogP contribution in [-0.4, -0.2) is 41.0 Å². The number of thiophene rings is 1. The third kappa shape index (κ3) is 8.80. The van der Waals surface area contributed by atoms with Crippen molar-refractivity contribution in [1.82, 2.24) is 5.32 Å². The Morgan fingerprint density at radius 2 is 1.71 bits per heavy atom. The van der Waals surface area contributed by atoms with Crippen LogP contribution < -0.4 is 16.0 Å². The van der Waals surface area contributed by atoms with Crippen molar-refractivity contribution >= 4 is 69.2 Å². The van der Waals surface area contributed by atoms with E-state index < -0.39 is 28.0 Å². The Balaban J connectivity index is 1.32. The summed E-state index contributed by atoms with van der Waals surface area (Å²) in [5.41, 5.74) is 2.45. The molecule has 3 N–H and O–H groups in total. The largest absolute Gasteiger partial charge is 0.465 e. The summed E-state index contributed by atoms with van der Waals surface area (Å²) in [5, 5.41) is 19.6. The van der Waals surface area contributed by atoms with Gasteiger partial charge in [0.15, 0.2) is 0 Å². The standard InChI is InChI=1S/C36H34N4O7S2/c1-3-29(34(43)39-35-31(36(44)47-2)27-14-7-8-15-30(27)49-35)48-26-13-9-12-24(21-26)37-33(42)28(38-32(41)23-10-5-4-6-11-23)20-22-16-18-25(19-17-22)40(45)46/h4-6,9-13,16-21,29H,3,7-8,14-15H2,1-2H3,(H,37,42)(H,38,41)(H,39,43)/b28-20+. The van der Waals surface area contributed by atoms with Crippen LogP contribution in [0.25, 0.3) is 6.08 Å². The minimum Gasteiger partial charge on any atom is -0.465 e. The number of carbonyl (C=O) groups is 4. The number of fused-ring (bicyclic) bond motifs is 1. The van der Waals surface area contributed by atoms with Gasteiger partial charge in [0.2, 0.25) is 5.91 Å². The van der Waals surface area contributed by atoms with Crippen molar-refractivity contribution in [2.75, 3.05) is 17.7 Å². The molecule has 13 heteroatoms. The van der Waals surface area contributed by atoms with Crippen LogP contribution in [0.1, 0.15) is 62.9 Å². The topological polar surface area (TPSA) is 157 Å². The van der Waals surface area contributed by atoms with E-state index in [9.17, 15) is 29.3 Å². The monoisotopic (exact) mass is 698 g/mol. The molecule has 1 aliphatic carbocycles. The molecule has 0 saturated carbocycles. The van der Waals surface area contributed by atoms with Crippen LogP contribution in [0.5, 0.6) is 0 Å². The predicted molar refractivity (Wildman–Crippen MR) is 191 cm³/mol. The fraction of sp³-hybridized carbons (Fsp3) is 0.222. The van der Waals surface area contributed by atoms with E-state index in [4.69, 9.17) is 4.74 Å². The second kappa shape index (κ2) is 16.2. The minimum atomic E-state index is -0.619. The van der Waals surface area contributed by atoms with Gasteiger partial charge in [0, 0.05) is 33.2 Å². The Kier molecular flexibility index (Phi) is 11.6. The number of rotatable bonds is 12. The molecule has 1 atom stereocenters. The lowest BCUT2D eigenvalue weighted by atomic mass is 9.95. The molecule has 3 amide bonds. The van der Waals surface area contributed by atoms with E-state index in [1.165, 1.54) is 60.5 Å². The van der Waals surface area contributed by atoms with Crippen molar-refractivity contribution in [1.29, 1.82) is 0 Å². The number of anilines is 2. The number of nitrogens with one attached hydrogen (secondary N) is 3. The van der Waals surface area contributed by atoms with E-state index in [1.54, 1.807) is 48.5 Å². The number of hydrogen-bond donors (Lipinski definition) is 3. The molecule has 1 aliphatic rings. The fourth-order valence-electron chi connectivity index (χ4n) is 5.30. The number of non-ortho nitro benzene ring substituents is 1. The summed E-state index contributed by atoms with van der Waals surface area (Å²) in [6, 6.07) is 21.0. The zero-order valence-electron chi connectivity index (χ0n) is 26.8. The lowest BCUT2D eigenvalue weighted by Crippen LogP contribution is -2.30. The van der Waals surface area contributed by atoms with Gasteiger partial charge in [-0.15, -0.1) is 23.1 Å². The van der Waals surface area contributed by atoms with Gasteiger partial charge in [0.25, 0.3) is 17.5 Å². The summed E-state index contributed by atoms with van der Waals surface area (Å²) in [4.78, 5) is 65.1. The number of nitro benzene ring substituents is 1. The van der Waals surface area contributed by atoms with Crippen LogP contribution in [-0.2, 0) is 27.2 Å². The lowest BCUT2D eigenvalue weighted by molar-refractivity contribution is -0.384. The van der Waals surface area contributed by atoms with Gasteiger partial charge >= 0.3 is 5.97 Å². The SMILES string of the molecule is CCC(Sc1cccc(NC(=O)/C(=C\c2ccc([N+](=O)[O-])cc2)NC(=O)c2ccccc2)c1)C(=O)Nc1sc2c(c1C(=O)OC)CCCC2. The molecule has 252 valence electrons. The van der Waals surface area contributed by atoms with Gasteiger partial charge in [-0.25, -0.2) is 4.79 Å². The van der Waals surface area contributed by atoms with E-state index in [0.717, 1.165) is 36.1 Å². The summed E-state index contributed by atoms with van der Waals surface area (Å²) in [5.74, 6) is -1.83. The molecule has 0 aliphatic heterocycles. The highest BCUT2D eigenvalue weighted by Gasteiger charge is 2.29. The third-order valence-electron chi connectivity index (χ3n) is 7.77. The van der Waals surface area contributed by atoms with E-state index in [1.807, 2.05) is 13.0 Å². The van der Waals surface area contributed by atoms with Crippen molar-refractivity contribution in [3.63, 3.8) is 0 Å². The second-order valence-corrected chi connectivity index (χ2v) is 13.5. The second-order valence-electron chi connectivity index (χ2n) is 11.1. The molecule has 49 heavy (non-hydrogen) atoms. The molecule has 1 unspecified atom stereocenters. The van der Waals surface area contributed by atoms with Gasteiger partial charge < -0.3 is 20.7 Å². The molecule has 0 saturated heterocycles. The number of thioether (sulfide) groups is 1. The van der Waals surface area contributed by atoms with Gasteiger partial charge in [-0.1, -0.05) is 31.2 Å². The number of carbonyl (C=O) groups excluding carboxylic acids is 4. The molecular formula is C36H34N4O7S2. The maximum Gasteiger partial charge on any atom is 0.341 e. The Morgan fingerprint density at radius 1 is 0.980 bits per heavy atom. The first-order valence-corrected chi connectivity index (χ1v) is 17.3. The molecule has 4 aromatic rings. The predicted octanol–water partition coefficient (Wildman–Crippen LogP) is 7.24.